The van der Waals surface area contributed by atoms with Crippen LogP contribution in [0.2, 0.25) is 0 Å². The van der Waals surface area contributed by atoms with Gasteiger partial charge in [0.25, 0.3) is 0 Å². The molecule has 120 valence electrons. The van der Waals surface area contributed by atoms with Crippen molar-refractivity contribution in [2.45, 2.75) is 38.0 Å². The molecule has 2 unspecified atom stereocenters. The fourth-order valence-corrected chi connectivity index (χ4v) is 4.50. The molecular formula is C18H25ClN2O. The highest BCUT2D eigenvalue weighted by Gasteiger charge is 2.43. The van der Waals surface area contributed by atoms with E-state index in [4.69, 9.17) is 0 Å². The largest absolute Gasteiger partial charge is 0.342 e. The van der Waals surface area contributed by atoms with E-state index in [0.29, 0.717) is 11.3 Å². The average Bonchev–Trinajstić information content (AvgIpc) is 3.17. The van der Waals surface area contributed by atoms with Crippen LogP contribution >= 0.6 is 12.4 Å². The summed E-state index contributed by atoms with van der Waals surface area (Å²) in [5.74, 6) is 0.491. The number of halogens is 1. The first kappa shape index (κ1) is 15.8. The van der Waals surface area contributed by atoms with Gasteiger partial charge in [-0.3, -0.25) is 4.79 Å². The summed E-state index contributed by atoms with van der Waals surface area (Å²) in [4.78, 5) is 15.2. The molecule has 2 aliphatic heterocycles. The number of nitrogens with one attached hydrogen (secondary N) is 1. The molecule has 2 atom stereocenters. The molecular weight excluding hydrogens is 296 g/mol. The Bertz CT molecular complexity index is 554. The Kier molecular flexibility index (Phi) is 4.47. The van der Waals surface area contributed by atoms with Crippen molar-refractivity contribution in [3.8, 4) is 0 Å². The highest BCUT2D eigenvalue weighted by molar-refractivity contribution is 5.85. The van der Waals surface area contributed by atoms with Gasteiger partial charge in [-0.05, 0) is 49.8 Å². The number of fused-ring (bicyclic) bond motifs is 1. The minimum Gasteiger partial charge on any atom is -0.342 e. The molecule has 2 fully saturated rings. The molecule has 3 aliphatic rings. The van der Waals surface area contributed by atoms with Crippen LogP contribution in [0.1, 0.15) is 42.7 Å². The summed E-state index contributed by atoms with van der Waals surface area (Å²) in [5.41, 5.74) is 3.06. The van der Waals surface area contributed by atoms with E-state index in [1.165, 1.54) is 24.0 Å². The predicted octanol–water partition coefficient (Wildman–Crippen LogP) is 2.74. The fraction of sp³-hybridized carbons (Fsp3) is 0.611. The number of aryl methyl sites for hydroxylation is 1. The number of likely N-dealkylation sites (tertiary alicyclic amines) is 1. The molecule has 3 nitrogen and oxygen atoms in total. The van der Waals surface area contributed by atoms with Crippen LogP contribution in [0, 0.1) is 5.41 Å². The maximum Gasteiger partial charge on any atom is 0.230 e. The summed E-state index contributed by atoms with van der Waals surface area (Å²) < 4.78 is 0. The zero-order valence-electron chi connectivity index (χ0n) is 13.0. The van der Waals surface area contributed by atoms with Gasteiger partial charge in [-0.15, -0.1) is 12.4 Å². The standard InChI is InChI=1S/C18H24N2O.ClH/c21-17(20-11-9-18(13-20)8-10-19-12-18)16-7-3-5-14-4-1-2-6-15(14)16;/h1-2,4,6,16,19H,3,5,7-13H2;1H. The molecule has 1 amide bonds. The van der Waals surface area contributed by atoms with Gasteiger partial charge >= 0.3 is 0 Å². The van der Waals surface area contributed by atoms with Gasteiger partial charge in [0.2, 0.25) is 5.91 Å². The minimum absolute atomic E-state index is 0. The van der Waals surface area contributed by atoms with Crippen LogP contribution < -0.4 is 5.32 Å². The molecule has 0 aromatic heterocycles. The predicted molar refractivity (Wildman–Crippen MR) is 90.5 cm³/mol. The number of hydrogen-bond donors (Lipinski definition) is 1. The van der Waals surface area contributed by atoms with Crippen molar-refractivity contribution >= 4 is 18.3 Å². The number of carbonyl (C=O) groups is 1. The van der Waals surface area contributed by atoms with Gasteiger partial charge in [0.15, 0.2) is 0 Å². The SMILES string of the molecule is Cl.O=C(C1CCCc2ccccc21)N1CCC2(CCNC2)C1. The average molecular weight is 321 g/mol. The van der Waals surface area contributed by atoms with Crippen LogP contribution in [-0.2, 0) is 11.2 Å². The second-order valence-corrected chi connectivity index (χ2v) is 7.08. The van der Waals surface area contributed by atoms with Gasteiger partial charge < -0.3 is 10.2 Å². The highest BCUT2D eigenvalue weighted by Crippen LogP contribution is 2.39. The van der Waals surface area contributed by atoms with Crippen molar-refractivity contribution in [1.82, 2.24) is 10.2 Å². The number of benzene rings is 1. The summed E-state index contributed by atoms with van der Waals surface area (Å²) in [6.07, 6.45) is 5.72. The molecule has 1 aromatic carbocycles. The molecule has 1 spiro atoms. The molecule has 2 heterocycles. The van der Waals surface area contributed by atoms with E-state index in [-0.39, 0.29) is 18.3 Å². The van der Waals surface area contributed by atoms with Crippen LogP contribution in [0.15, 0.2) is 24.3 Å². The second kappa shape index (κ2) is 6.21. The van der Waals surface area contributed by atoms with Gasteiger partial charge in [0.05, 0.1) is 5.92 Å². The summed E-state index contributed by atoms with van der Waals surface area (Å²) in [6.45, 7) is 4.14. The third kappa shape index (κ3) is 2.65. The van der Waals surface area contributed by atoms with Crippen molar-refractivity contribution in [2.24, 2.45) is 5.41 Å². The van der Waals surface area contributed by atoms with Crippen molar-refractivity contribution in [1.29, 1.82) is 0 Å². The maximum atomic E-state index is 13.0. The van der Waals surface area contributed by atoms with Crippen molar-refractivity contribution in [3.63, 3.8) is 0 Å². The first-order valence-electron chi connectivity index (χ1n) is 8.35. The molecule has 1 aliphatic carbocycles. The lowest BCUT2D eigenvalue weighted by atomic mass is 9.82. The van der Waals surface area contributed by atoms with Crippen molar-refractivity contribution in [2.75, 3.05) is 26.2 Å². The Morgan fingerprint density at radius 3 is 2.95 bits per heavy atom. The monoisotopic (exact) mass is 320 g/mol. The van der Waals surface area contributed by atoms with E-state index in [0.717, 1.165) is 45.4 Å². The summed E-state index contributed by atoms with van der Waals surface area (Å²) in [5, 5.41) is 3.47. The Morgan fingerprint density at radius 1 is 1.27 bits per heavy atom. The summed E-state index contributed by atoms with van der Waals surface area (Å²) in [7, 11) is 0. The Balaban J connectivity index is 0.00000144. The van der Waals surface area contributed by atoms with Crippen molar-refractivity contribution in [3.05, 3.63) is 35.4 Å². The lowest BCUT2D eigenvalue weighted by molar-refractivity contribution is -0.132. The van der Waals surface area contributed by atoms with E-state index in [9.17, 15) is 4.79 Å². The minimum atomic E-state index is 0. The van der Waals surface area contributed by atoms with E-state index >= 15 is 0 Å². The molecule has 0 radical (unpaired) electrons. The Labute approximate surface area is 138 Å². The van der Waals surface area contributed by atoms with E-state index < -0.39 is 0 Å². The van der Waals surface area contributed by atoms with Crippen LogP contribution in [0.25, 0.3) is 0 Å². The Hall–Kier alpha value is -1.06. The van der Waals surface area contributed by atoms with Gasteiger partial charge in [-0.2, -0.15) is 0 Å². The van der Waals surface area contributed by atoms with Gasteiger partial charge in [-0.25, -0.2) is 0 Å². The topological polar surface area (TPSA) is 32.3 Å². The summed E-state index contributed by atoms with van der Waals surface area (Å²) in [6, 6.07) is 8.54. The van der Waals surface area contributed by atoms with Gasteiger partial charge in [-0.1, -0.05) is 24.3 Å². The molecule has 1 N–H and O–H groups in total. The van der Waals surface area contributed by atoms with Crippen LogP contribution in [0.5, 0.6) is 0 Å². The molecule has 22 heavy (non-hydrogen) atoms. The molecule has 4 rings (SSSR count). The third-order valence-corrected chi connectivity index (χ3v) is 5.75. The Morgan fingerprint density at radius 2 is 2.14 bits per heavy atom. The smallest absolute Gasteiger partial charge is 0.230 e. The second-order valence-electron chi connectivity index (χ2n) is 7.08. The van der Waals surface area contributed by atoms with Crippen LogP contribution in [0.4, 0.5) is 0 Å². The fourth-order valence-electron chi connectivity index (χ4n) is 4.50. The van der Waals surface area contributed by atoms with E-state index in [1.54, 1.807) is 0 Å². The van der Waals surface area contributed by atoms with Crippen molar-refractivity contribution < 1.29 is 4.79 Å². The number of rotatable bonds is 1. The normalized spacial score (nSPS) is 30.2. The number of carbonyl (C=O) groups excluding carboxylic acids is 1. The third-order valence-electron chi connectivity index (χ3n) is 5.75. The highest BCUT2D eigenvalue weighted by atomic mass is 35.5. The molecule has 2 saturated heterocycles. The molecule has 0 bridgehead atoms. The first-order valence-corrected chi connectivity index (χ1v) is 8.35. The number of amides is 1. The maximum absolute atomic E-state index is 13.0. The summed E-state index contributed by atoms with van der Waals surface area (Å²) >= 11 is 0. The van der Waals surface area contributed by atoms with Gasteiger partial charge in [0, 0.05) is 25.0 Å². The quantitative estimate of drug-likeness (QED) is 0.863. The van der Waals surface area contributed by atoms with E-state index in [1.807, 2.05) is 0 Å². The lowest BCUT2D eigenvalue weighted by Gasteiger charge is -2.29. The first-order chi connectivity index (χ1) is 10.3. The van der Waals surface area contributed by atoms with Crippen LogP contribution in [-0.4, -0.2) is 37.0 Å². The van der Waals surface area contributed by atoms with Gasteiger partial charge in [0.1, 0.15) is 0 Å². The van der Waals surface area contributed by atoms with Crippen LogP contribution in [0.3, 0.4) is 0 Å². The number of hydrogen-bond acceptors (Lipinski definition) is 2. The molecule has 4 heteroatoms. The number of nitrogens with zero attached hydrogens (tertiary/aromatic N) is 1. The zero-order chi connectivity index (χ0) is 14.3. The molecule has 0 saturated carbocycles. The van der Waals surface area contributed by atoms with E-state index in [2.05, 4.69) is 34.5 Å². The molecule has 1 aromatic rings. The lowest BCUT2D eigenvalue weighted by Crippen LogP contribution is -2.37. The zero-order valence-corrected chi connectivity index (χ0v) is 13.8.